The molecule has 0 saturated heterocycles. The van der Waals surface area contributed by atoms with Gasteiger partial charge in [-0.2, -0.15) is 0 Å². The minimum Gasteiger partial charge on any atom is -0.361 e. The summed E-state index contributed by atoms with van der Waals surface area (Å²) in [7, 11) is 3.11. The van der Waals surface area contributed by atoms with Crippen molar-refractivity contribution in [1.82, 2.24) is 24.3 Å². The van der Waals surface area contributed by atoms with Gasteiger partial charge in [-0.3, -0.25) is 13.9 Å². The van der Waals surface area contributed by atoms with Gasteiger partial charge in [-0.25, -0.2) is 14.8 Å². The van der Waals surface area contributed by atoms with Crippen LogP contribution >= 0.6 is 11.8 Å². The second kappa shape index (κ2) is 7.12. The van der Waals surface area contributed by atoms with Crippen molar-refractivity contribution >= 4 is 22.8 Å². The average molecular weight is 416 g/mol. The second-order valence-corrected chi connectivity index (χ2v) is 9.50. The number of aromatic nitrogens is 5. The van der Waals surface area contributed by atoms with Crippen LogP contribution < -0.4 is 11.2 Å². The normalized spacial score (nSPS) is 14.4. The highest BCUT2D eigenvalue weighted by Crippen LogP contribution is 2.32. The van der Waals surface area contributed by atoms with Crippen molar-refractivity contribution in [1.29, 1.82) is 0 Å². The van der Waals surface area contributed by atoms with Gasteiger partial charge in [-0.15, -0.1) is 0 Å². The topological polar surface area (TPSA) is 95.8 Å². The molecule has 3 aromatic heterocycles. The van der Waals surface area contributed by atoms with Crippen molar-refractivity contribution in [3.63, 3.8) is 0 Å². The zero-order valence-corrected chi connectivity index (χ0v) is 18.2. The molecule has 3 heterocycles. The van der Waals surface area contributed by atoms with E-state index >= 15 is 0 Å². The molecule has 0 aliphatic heterocycles. The first-order valence-corrected chi connectivity index (χ1v) is 10.7. The molecular formula is C20H25N5O3S. The molecule has 1 aliphatic carbocycles. The third kappa shape index (κ3) is 3.41. The van der Waals surface area contributed by atoms with Gasteiger partial charge in [0.2, 0.25) is 0 Å². The number of nitrogens with zero attached hydrogens (tertiary/aromatic N) is 5. The molecule has 0 aromatic carbocycles. The van der Waals surface area contributed by atoms with Gasteiger partial charge in [-0.1, -0.05) is 37.7 Å². The average Bonchev–Trinajstić information content (AvgIpc) is 3.10. The Hall–Kier alpha value is -2.42. The lowest BCUT2D eigenvalue weighted by Crippen LogP contribution is -2.38. The summed E-state index contributed by atoms with van der Waals surface area (Å²) in [5.41, 5.74) is 1.36. The van der Waals surface area contributed by atoms with Crippen LogP contribution in [0.15, 0.2) is 19.1 Å². The Morgan fingerprint density at radius 1 is 1.07 bits per heavy atom. The highest BCUT2D eigenvalue weighted by molar-refractivity contribution is 7.98. The van der Waals surface area contributed by atoms with Crippen molar-refractivity contribution in [3.05, 3.63) is 43.7 Å². The van der Waals surface area contributed by atoms with Crippen LogP contribution in [0.3, 0.4) is 0 Å². The van der Waals surface area contributed by atoms with E-state index in [2.05, 4.69) is 10.1 Å². The quantitative estimate of drug-likeness (QED) is 0.479. The van der Waals surface area contributed by atoms with Gasteiger partial charge in [0.05, 0.1) is 5.69 Å². The molecule has 1 aliphatic rings. The largest absolute Gasteiger partial charge is 0.361 e. The molecule has 0 N–H and O–H groups in total. The summed E-state index contributed by atoms with van der Waals surface area (Å²) in [6.45, 7) is 6.03. The molecule has 8 nitrogen and oxygen atoms in total. The Kier molecular flexibility index (Phi) is 4.88. The first kappa shape index (κ1) is 19.9. The van der Waals surface area contributed by atoms with Crippen molar-refractivity contribution in [2.75, 3.05) is 0 Å². The summed E-state index contributed by atoms with van der Waals surface area (Å²) in [6.07, 6.45) is 4.17. The standard InChI is InChI=1S/C20H25N5O3S/c1-20(2,3)18-21-15-14(17(26)25(5)19(27)24(15)4)16(22-18)29-10-12-11-8-6-7-9-13(11)28-23-12/h6-10H2,1-5H3. The molecule has 0 fully saturated rings. The minimum absolute atomic E-state index is 0.326. The van der Waals surface area contributed by atoms with Crippen molar-refractivity contribution in [2.45, 2.75) is 62.6 Å². The van der Waals surface area contributed by atoms with E-state index in [1.165, 1.54) is 28.9 Å². The number of aryl methyl sites for hydroxylation is 2. The summed E-state index contributed by atoms with van der Waals surface area (Å²) in [5, 5.41) is 5.20. The Morgan fingerprint density at radius 3 is 2.52 bits per heavy atom. The van der Waals surface area contributed by atoms with Gasteiger partial charge in [-0.05, 0) is 19.3 Å². The highest BCUT2D eigenvalue weighted by Gasteiger charge is 2.25. The van der Waals surface area contributed by atoms with Gasteiger partial charge in [0, 0.05) is 37.2 Å². The lowest BCUT2D eigenvalue weighted by atomic mass is 9.96. The van der Waals surface area contributed by atoms with Crippen molar-refractivity contribution < 1.29 is 4.52 Å². The molecule has 0 unspecified atom stereocenters. The number of thioether (sulfide) groups is 1. The van der Waals surface area contributed by atoms with Crippen LogP contribution in [-0.2, 0) is 38.1 Å². The number of hydrogen-bond acceptors (Lipinski definition) is 7. The molecular weight excluding hydrogens is 390 g/mol. The zero-order chi connectivity index (χ0) is 20.9. The molecule has 0 atom stereocenters. The molecule has 154 valence electrons. The Morgan fingerprint density at radius 2 is 1.79 bits per heavy atom. The maximum atomic E-state index is 12.9. The fraction of sp³-hybridized carbons (Fsp3) is 0.550. The summed E-state index contributed by atoms with van der Waals surface area (Å²) in [4.78, 5) is 34.6. The molecule has 0 spiro atoms. The van der Waals surface area contributed by atoms with E-state index in [0.717, 1.165) is 41.7 Å². The van der Waals surface area contributed by atoms with Gasteiger partial charge >= 0.3 is 5.69 Å². The molecule has 29 heavy (non-hydrogen) atoms. The van der Waals surface area contributed by atoms with Crippen LogP contribution in [0.4, 0.5) is 0 Å². The predicted molar refractivity (Wildman–Crippen MR) is 111 cm³/mol. The first-order valence-electron chi connectivity index (χ1n) is 9.76. The van der Waals surface area contributed by atoms with Crippen LogP contribution in [0.2, 0.25) is 0 Å². The Balaban J connectivity index is 1.85. The van der Waals surface area contributed by atoms with E-state index in [9.17, 15) is 9.59 Å². The van der Waals surface area contributed by atoms with Gasteiger partial charge in [0.25, 0.3) is 5.56 Å². The van der Waals surface area contributed by atoms with Crippen LogP contribution in [0.1, 0.15) is 56.5 Å². The predicted octanol–water partition coefficient (Wildman–Crippen LogP) is 2.48. The fourth-order valence-electron chi connectivity index (χ4n) is 3.57. The van der Waals surface area contributed by atoms with Crippen molar-refractivity contribution in [2.24, 2.45) is 14.1 Å². The maximum absolute atomic E-state index is 12.9. The minimum atomic E-state index is -0.400. The molecule has 3 aromatic rings. The lowest BCUT2D eigenvalue weighted by Gasteiger charge is -2.19. The lowest BCUT2D eigenvalue weighted by molar-refractivity contribution is 0.369. The van der Waals surface area contributed by atoms with Crippen LogP contribution in [0, 0.1) is 0 Å². The summed E-state index contributed by atoms with van der Waals surface area (Å²) >= 11 is 1.45. The Bertz CT molecular complexity index is 1220. The van der Waals surface area contributed by atoms with E-state index in [1.807, 2.05) is 20.8 Å². The molecule has 0 saturated carbocycles. The van der Waals surface area contributed by atoms with Crippen LogP contribution in [-0.4, -0.2) is 24.3 Å². The summed E-state index contributed by atoms with van der Waals surface area (Å²) in [5.74, 6) is 2.13. The fourth-order valence-corrected chi connectivity index (χ4v) is 4.54. The zero-order valence-electron chi connectivity index (χ0n) is 17.4. The SMILES string of the molecule is Cn1c(=O)c2c(SCc3noc4c3CCCC4)nc(C(C)(C)C)nc2n(C)c1=O. The maximum Gasteiger partial charge on any atom is 0.332 e. The first-order chi connectivity index (χ1) is 13.7. The second-order valence-electron chi connectivity index (χ2n) is 8.53. The van der Waals surface area contributed by atoms with Gasteiger partial charge < -0.3 is 4.52 Å². The molecule has 4 rings (SSSR count). The smallest absolute Gasteiger partial charge is 0.332 e. The molecule has 0 radical (unpaired) electrons. The highest BCUT2D eigenvalue weighted by atomic mass is 32.2. The number of hydrogen-bond donors (Lipinski definition) is 0. The molecule has 0 amide bonds. The monoisotopic (exact) mass is 415 g/mol. The summed E-state index contributed by atoms with van der Waals surface area (Å²) < 4.78 is 8.03. The van der Waals surface area contributed by atoms with Crippen molar-refractivity contribution in [3.8, 4) is 0 Å². The van der Waals surface area contributed by atoms with E-state index in [0.29, 0.717) is 27.6 Å². The third-order valence-electron chi connectivity index (χ3n) is 5.31. The number of rotatable bonds is 3. The van der Waals surface area contributed by atoms with Crippen LogP contribution in [0.5, 0.6) is 0 Å². The van der Waals surface area contributed by atoms with Gasteiger partial charge in [0.15, 0.2) is 5.65 Å². The number of fused-ring (bicyclic) bond motifs is 2. The van der Waals surface area contributed by atoms with E-state index < -0.39 is 5.69 Å². The van der Waals surface area contributed by atoms with E-state index in [1.54, 1.807) is 7.05 Å². The van der Waals surface area contributed by atoms with E-state index in [-0.39, 0.29) is 11.0 Å². The van der Waals surface area contributed by atoms with Crippen LogP contribution in [0.25, 0.3) is 11.0 Å². The van der Waals surface area contributed by atoms with Gasteiger partial charge in [0.1, 0.15) is 22.0 Å². The third-order valence-corrected chi connectivity index (χ3v) is 6.30. The summed E-state index contributed by atoms with van der Waals surface area (Å²) in [6, 6.07) is 0. The molecule has 9 heteroatoms. The van der Waals surface area contributed by atoms with E-state index in [4.69, 9.17) is 9.51 Å². The Labute approximate surface area is 172 Å². The molecule has 0 bridgehead atoms.